The molecule has 0 saturated carbocycles. The van der Waals surface area contributed by atoms with Gasteiger partial charge in [-0.1, -0.05) is 29.3 Å². The second kappa shape index (κ2) is 11.6. The van der Waals surface area contributed by atoms with Crippen LogP contribution in [0.4, 0.5) is 5.82 Å². The lowest BCUT2D eigenvalue weighted by Crippen LogP contribution is -2.42. The van der Waals surface area contributed by atoms with Gasteiger partial charge < -0.3 is 20.6 Å². The quantitative estimate of drug-likeness (QED) is 0.471. The lowest BCUT2D eigenvalue weighted by Gasteiger charge is -2.32. The van der Waals surface area contributed by atoms with Crippen LogP contribution in [0.3, 0.4) is 0 Å². The largest absolute Gasteiger partial charge is 0.481 e. The number of aromatic nitrogens is 1. The second-order valence-corrected chi connectivity index (χ2v) is 10.4. The molecule has 9 heteroatoms. The minimum Gasteiger partial charge on any atom is -0.481 e. The van der Waals surface area contributed by atoms with E-state index in [9.17, 15) is 14.7 Å². The SMILES string of the molecule is Cc1nc2c(cc1CCN1CCC(C(=O)N[C@@H](CC(=O)O)c3cc(Cl)cc(Cl)c3)CC1)CCCN2. The number of carboxylic acids is 1. The van der Waals surface area contributed by atoms with Crippen LogP contribution in [-0.2, 0) is 22.4 Å². The first-order chi connectivity index (χ1) is 16.8. The summed E-state index contributed by atoms with van der Waals surface area (Å²) in [7, 11) is 0. The number of aryl methyl sites for hydroxylation is 2. The first-order valence-electron chi connectivity index (χ1n) is 12.2. The Bertz CT molecular complexity index is 1070. The van der Waals surface area contributed by atoms with E-state index in [1.807, 2.05) is 0 Å². The van der Waals surface area contributed by atoms with Crippen molar-refractivity contribution >= 4 is 40.9 Å². The van der Waals surface area contributed by atoms with Crippen molar-refractivity contribution in [1.82, 2.24) is 15.2 Å². The van der Waals surface area contributed by atoms with Crippen molar-refractivity contribution in [2.75, 3.05) is 31.5 Å². The summed E-state index contributed by atoms with van der Waals surface area (Å²) in [6.07, 6.45) is 4.42. The van der Waals surface area contributed by atoms with Gasteiger partial charge in [0.15, 0.2) is 0 Å². The Balaban J connectivity index is 1.30. The fourth-order valence-electron chi connectivity index (χ4n) is 4.97. The topological polar surface area (TPSA) is 94.6 Å². The van der Waals surface area contributed by atoms with Gasteiger partial charge in [0, 0.05) is 34.7 Å². The standard InChI is InChI=1S/C26H32Cl2N4O3/c1-16-18(11-19-3-2-7-29-25(19)30-16)6-10-32-8-4-17(5-9-32)26(35)31-23(15-24(33)34)20-12-21(27)14-22(28)13-20/h11-14,17,23H,2-10,15H2,1H3,(H,29,30)(H,31,35)(H,33,34)/t23-/m0/s1. The molecule has 1 amide bonds. The molecule has 1 saturated heterocycles. The number of carbonyl (C=O) groups excluding carboxylic acids is 1. The monoisotopic (exact) mass is 518 g/mol. The third-order valence-corrected chi connectivity index (χ3v) is 7.39. The van der Waals surface area contributed by atoms with E-state index in [4.69, 9.17) is 28.2 Å². The van der Waals surface area contributed by atoms with Crippen molar-refractivity contribution in [3.05, 3.63) is 56.7 Å². The van der Waals surface area contributed by atoms with Crippen LogP contribution >= 0.6 is 23.2 Å². The number of halogens is 2. The predicted octanol–water partition coefficient (Wildman–Crippen LogP) is 4.64. The number of likely N-dealkylation sites (tertiary alicyclic amines) is 1. The molecule has 35 heavy (non-hydrogen) atoms. The number of pyridine rings is 1. The van der Waals surface area contributed by atoms with Crippen LogP contribution in [0.15, 0.2) is 24.3 Å². The normalized spacial score (nSPS) is 17.3. The van der Waals surface area contributed by atoms with Crippen LogP contribution in [0, 0.1) is 12.8 Å². The van der Waals surface area contributed by atoms with Crippen LogP contribution in [0.2, 0.25) is 10.0 Å². The Labute approximate surface area is 216 Å². The third kappa shape index (κ3) is 6.87. The van der Waals surface area contributed by atoms with E-state index >= 15 is 0 Å². The van der Waals surface area contributed by atoms with Crippen molar-refractivity contribution < 1.29 is 14.7 Å². The maximum absolute atomic E-state index is 13.0. The lowest BCUT2D eigenvalue weighted by atomic mass is 9.94. The summed E-state index contributed by atoms with van der Waals surface area (Å²) in [4.78, 5) is 31.6. The first kappa shape index (κ1) is 25.7. The summed E-state index contributed by atoms with van der Waals surface area (Å²) in [5.74, 6) is -0.223. The number of carbonyl (C=O) groups is 2. The van der Waals surface area contributed by atoms with Gasteiger partial charge in [-0.3, -0.25) is 9.59 Å². The van der Waals surface area contributed by atoms with Crippen molar-refractivity contribution in [1.29, 1.82) is 0 Å². The van der Waals surface area contributed by atoms with Crippen molar-refractivity contribution in [2.45, 2.75) is 51.5 Å². The molecule has 0 spiro atoms. The minimum atomic E-state index is -0.996. The van der Waals surface area contributed by atoms with Crippen molar-refractivity contribution in [3.63, 3.8) is 0 Å². The van der Waals surface area contributed by atoms with E-state index in [-0.39, 0.29) is 18.2 Å². The molecule has 0 radical (unpaired) electrons. The number of amides is 1. The number of hydrogen-bond donors (Lipinski definition) is 3. The summed E-state index contributed by atoms with van der Waals surface area (Å²) in [5, 5.41) is 16.5. The Hall–Kier alpha value is -2.35. The zero-order valence-corrected chi connectivity index (χ0v) is 21.5. The maximum atomic E-state index is 13.0. The predicted molar refractivity (Wildman–Crippen MR) is 138 cm³/mol. The van der Waals surface area contributed by atoms with Gasteiger partial charge in [-0.15, -0.1) is 0 Å². The molecule has 2 aliphatic rings. The summed E-state index contributed by atoms with van der Waals surface area (Å²) in [5.41, 5.74) is 4.28. The molecule has 3 heterocycles. The molecule has 0 unspecified atom stereocenters. The number of carboxylic acid groups (broad SMARTS) is 1. The van der Waals surface area contributed by atoms with Crippen LogP contribution in [-0.4, -0.2) is 53.0 Å². The smallest absolute Gasteiger partial charge is 0.305 e. The van der Waals surface area contributed by atoms with Gasteiger partial charge in [-0.05, 0) is 87.0 Å². The van der Waals surface area contributed by atoms with Gasteiger partial charge in [0.2, 0.25) is 5.91 Å². The van der Waals surface area contributed by atoms with Gasteiger partial charge >= 0.3 is 5.97 Å². The zero-order valence-electron chi connectivity index (χ0n) is 19.9. The van der Waals surface area contributed by atoms with Crippen LogP contribution < -0.4 is 10.6 Å². The molecule has 0 bridgehead atoms. The fraction of sp³-hybridized carbons (Fsp3) is 0.500. The lowest BCUT2D eigenvalue weighted by molar-refractivity contribution is -0.138. The van der Waals surface area contributed by atoms with E-state index in [1.54, 1.807) is 18.2 Å². The van der Waals surface area contributed by atoms with E-state index < -0.39 is 12.0 Å². The Morgan fingerprint density at radius 1 is 1.20 bits per heavy atom. The summed E-state index contributed by atoms with van der Waals surface area (Å²) >= 11 is 12.2. The highest BCUT2D eigenvalue weighted by Crippen LogP contribution is 2.27. The number of benzene rings is 1. The number of nitrogens with zero attached hydrogens (tertiary/aromatic N) is 2. The highest BCUT2D eigenvalue weighted by molar-refractivity contribution is 6.34. The van der Waals surface area contributed by atoms with E-state index in [1.165, 1.54) is 11.1 Å². The zero-order chi connectivity index (χ0) is 24.9. The molecule has 1 aromatic carbocycles. The molecule has 3 N–H and O–H groups in total. The van der Waals surface area contributed by atoms with E-state index in [0.717, 1.165) is 69.8 Å². The van der Waals surface area contributed by atoms with E-state index in [0.29, 0.717) is 15.6 Å². The third-order valence-electron chi connectivity index (χ3n) is 6.95. The molecule has 2 aliphatic heterocycles. The van der Waals surface area contributed by atoms with Crippen LogP contribution in [0.1, 0.15) is 54.1 Å². The molecule has 0 aliphatic carbocycles. The fourth-order valence-corrected chi connectivity index (χ4v) is 5.51. The molecule has 1 aromatic heterocycles. The summed E-state index contributed by atoms with van der Waals surface area (Å²) in [6, 6.07) is 6.51. The molecule has 4 rings (SSSR count). The summed E-state index contributed by atoms with van der Waals surface area (Å²) in [6.45, 7) is 5.67. The van der Waals surface area contributed by atoms with Gasteiger partial charge in [-0.25, -0.2) is 4.98 Å². The Morgan fingerprint density at radius 3 is 2.60 bits per heavy atom. The van der Waals surface area contributed by atoms with Crippen LogP contribution in [0.5, 0.6) is 0 Å². The number of rotatable bonds is 8. The molecule has 7 nitrogen and oxygen atoms in total. The molecular formula is C26H32Cl2N4O3. The van der Waals surface area contributed by atoms with Gasteiger partial charge in [-0.2, -0.15) is 0 Å². The van der Waals surface area contributed by atoms with Crippen LogP contribution in [0.25, 0.3) is 0 Å². The molecule has 1 fully saturated rings. The number of hydrogen-bond acceptors (Lipinski definition) is 5. The molecule has 188 valence electrons. The molecule has 2 aromatic rings. The number of nitrogens with one attached hydrogen (secondary N) is 2. The van der Waals surface area contributed by atoms with Gasteiger partial charge in [0.1, 0.15) is 5.82 Å². The van der Waals surface area contributed by atoms with E-state index in [2.05, 4.69) is 28.5 Å². The van der Waals surface area contributed by atoms with Crippen molar-refractivity contribution in [3.8, 4) is 0 Å². The second-order valence-electron chi connectivity index (χ2n) is 9.50. The number of piperidine rings is 1. The Kier molecular flexibility index (Phi) is 8.52. The average molecular weight is 519 g/mol. The number of anilines is 1. The number of fused-ring (bicyclic) bond motifs is 1. The first-order valence-corrected chi connectivity index (χ1v) is 13.0. The average Bonchev–Trinajstić information content (AvgIpc) is 2.81. The van der Waals surface area contributed by atoms with Crippen molar-refractivity contribution in [2.24, 2.45) is 5.92 Å². The highest BCUT2D eigenvalue weighted by atomic mass is 35.5. The molecule has 1 atom stereocenters. The Morgan fingerprint density at radius 2 is 1.91 bits per heavy atom. The highest BCUT2D eigenvalue weighted by Gasteiger charge is 2.28. The van der Waals surface area contributed by atoms with Gasteiger partial charge in [0.05, 0.1) is 12.5 Å². The maximum Gasteiger partial charge on any atom is 0.305 e. The summed E-state index contributed by atoms with van der Waals surface area (Å²) < 4.78 is 0. The van der Waals surface area contributed by atoms with Gasteiger partial charge in [0.25, 0.3) is 0 Å². The number of aliphatic carboxylic acids is 1. The molecular weight excluding hydrogens is 487 g/mol. The minimum absolute atomic E-state index is 0.116.